The molecule has 1 fully saturated rings. The van der Waals surface area contributed by atoms with Gasteiger partial charge in [-0.3, -0.25) is 0 Å². The second kappa shape index (κ2) is 15.9. The van der Waals surface area contributed by atoms with Crippen LogP contribution in [0.1, 0.15) is 83.2 Å². The Labute approximate surface area is 204 Å². The monoisotopic (exact) mass is 497 g/mol. The van der Waals surface area contributed by atoms with E-state index < -0.39 is 17.1 Å². The second-order valence-electron chi connectivity index (χ2n) is 7.64. The summed E-state index contributed by atoms with van der Waals surface area (Å²) in [5.74, 6) is 0.580. The van der Waals surface area contributed by atoms with Crippen molar-refractivity contribution in [3.63, 3.8) is 0 Å². The third-order valence-electron chi connectivity index (χ3n) is 4.80. The average Bonchev–Trinajstić information content (AvgIpc) is 3.30. The Bertz CT molecular complexity index is 865. The number of nitrogens with zero attached hydrogens (tertiary/aromatic N) is 1. The first-order chi connectivity index (χ1) is 15.8. The Balaban J connectivity index is 0.000000520. The van der Waals surface area contributed by atoms with Gasteiger partial charge < -0.3 is 15.6 Å². The molecule has 1 aromatic heterocycles. The number of benzene rings is 1. The van der Waals surface area contributed by atoms with Crippen LogP contribution >= 0.6 is 11.3 Å². The van der Waals surface area contributed by atoms with Crippen LogP contribution in [-0.2, 0) is 22.3 Å². The highest BCUT2D eigenvalue weighted by Gasteiger charge is 2.20. The number of aliphatic hydroxyl groups excluding tert-OH is 1. The Morgan fingerprint density at radius 1 is 1.30 bits per heavy atom. The molecule has 0 spiro atoms. The Kier molecular flexibility index (Phi) is 14.1. The Hall–Kier alpha value is -1.81. The van der Waals surface area contributed by atoms with Crippen molar-refractivity contribution in [1.82, 2.24) is 9.71 Å². The molecule has 3 rings (SSSR count). The second-order valence-corrected chi connectivity index (χ2v) is 9.97. The van der Waals surface area contributed by atoms with Gasteiger partial charge in [0.1, 0.15) is 11.0 Å². The predicted octanol–water partition coefficient (Wildman–Crippen LogP) is 5.50. The number of nitrogens with two attached hydrogens (primary N) is 1. The maximum absolute atomic E-state index is 12.5. The van der Waals surface area contributed by atoms with E-state index in [1.165, 1.54) is 37.1 Å². The van der Waals surface area contributed by atoms with Crippen molar-refractivity contribution >= 4 is 28.4 Å². The van der Waals surface area contributed by atoms with Gasteiger partial charge in [-0.1, -0.05) is 52.2 Å². The van der Waals surface area contributed by atoms with Crippen molar-refractivity contribution in [2.45, 2.75) is 90.2 Å². The van der Waals surface area contributed by atoms with Crippen molar-refractivity contribution in [1.29, 1.82) is 0 Å². The number of carbonyl (C=O) groups is 1. The summed E-state index contributed by atoms with van der Waals surface area (Å²) in [7, 11) is -1.29. The number of ether oxygens (including phenoxy) is 1. The molecule has 1 aliphatic rings. The smallest absolute Gasteiger partial charge is 0.404 e. The van der Waals surface area contributed by atoms with E-state index in [1.54, 1.807) is 25.2 Å². The lowest BCUT2D eigenvalue weighted by Crippen LogP contribution is -2.17. The van der Waals surface area contributed by atoms with Crippen LogP contribution in [0.3, 0.4) is 0 Å². The molecule has 1 aliphatic carbocycles. The highest BCUT2D eigenvalue weighted by Crippen LogP contribution is 2.38. The topological polar surface area (TPSA) is 115 Å². The van der Waals surface area contributed by atoms with Gasteiger partial charge in [0.05, 0.1) is 27.5 Å². The van der Waals surface area contributed by atoms with E-state index >= 15 is 0 Å². The zero-order chi connectivity index (χ0) is 24.8. The maximum atomic E-state index is 12.5. The lowest BCUT2D eigenvalue weighted by molar-refractivity contribution is 0.125. The highest BCUT2D eigenvalue weighted by molar-refractivity contribution is 7.83. The van der Waals surface area contributed by atoms with Crippen LogP contribution in [-0.4, -0.2) is 33.0 Å². The van der Waals surface area contributed by atoms with Crippen LogP contribution in [0.25, 0.3) is 10.4 Å². The summed E-state index contributed by atoms with van der Waals surface area (Å²) < 4.78 is 19.9. The number of aromatic nitrogens is 1. The molecule has 0 saturated heterocycles. The van der Waals surface area contributed by atoms with Crippen molar-refractivity contribution in [2.75, 3.05) is 6.54 Å². The van der Waals surface area contributed by atoms with Crippen LogP contribution < -0.4 is 10.5 Å². The molecule has 1 amide bonds. The fraction of sp³-hybridized carbons (Fsp3) is 0.583. The van der Waals surface area contributed by atoms with Gasteiger partial charge in [-0.2, -0.15) is 0 Å². The zero-order valence-electron chi connectivity index (χ0n) is 20.4. The number of thiazole rings is 1. The fourth-order valence-corrected chi connectivity index (χ4v) is 5.66. The summed E-state index contributed by atoms with van der Waals surface area (Å²) in [6.45, 7) is 9.99. The van der Waals surface area contributed by atoms with E-state index in [0.717, 1.165) is 20.9 Å². The number of nitrogens with one attached hydrogen (secondary N) is 1. The first-order valence-corrected chi connectivity index (χ1v) is 13.6. The molecule has 0 aliphatic heterocycles. The van der Waals surface area contributed by atoms with E-state index in [2.05, 4.69) is 20.2 Å². The van der Waals surface area contributed by atoms with Gasteiger partial charge in [0.15, 0.2) is 0 Å². The molecule has 1 heterocycles. The number of hydrogen-bond acceptors (Lipinski definition) is 6. The standard InChI is InChI=1S/C18H24N2O2S2.C4H9NO2.C2H6/c1-2-20-24(22)17-10-13(12-21)8-9-15(17)16-11-19-18(23-16)14-6-4-3-5-7-14;1-3(2)7-4(5)6;1-2/h8-11,14,20-21H,2-7,12H2,1H3;3H,1-2H3,(H2,5,6);1-2H3. The highest BCUT2D eigenvalue weighted by atomic mass is 32.2. The summed E-state index contributed by atoms with van der Waals surface area (Å²) in [6.07, 6.45) is 7.48. The summed E-state index contributed by atoms with van der Waals surface area (Å²) in [5.41, 5.74) is 6.36. The van der Waals surface area contributed by atoms with Crippen molar-refractivity contribution < 1.29 is 18.8 Å². The van der Waals surface area contributed by atoms with Gasteiger partial charge >= 0.3 is 6.09 Å². The third-order valence-corrected chi connectivity index (χ3v) is 7.28. The molecule has 186 valence electrons. The molecule has 1 aromatic carbocycles. The van der Waals surface area contributed by atoms with Crippen LogP contribution in [0.2, 0.25) is 0 Å². The van der Waals surface area contributed by atoms with Gasteiger partial charge in [0.25, 0.3) is 0 Å². The van der Waals surface area contributed by atoms with Crippen molar-refractivity contribution in [3.05, 3.63) is 35.0 Å². The van der Waals surface area contributed by atoms with Gasteiger partial charge in [-0.15, -0.1) is 11.3 Å². The maximum Gasteiger partial charge on any atom is 0.404 e. The van der Waals surface area contributed by atoms with E-state index in [9.17, 15) is 14.1 Å². The number of aliphatic hydroxyl groups is 1. The van der Waals surface area contributed by atoms with E-state index in [-0.39, 0.29) is 12.7 Å². The van der Waals surface area contributed by atoms with Crippen molar-refractivity contribution in [2.24, 2.45) is 5.73 Å². The summed E-state index contributed by atoms with van der Waals surface area (Å²) in [4.78, 5) is 16.2. The number of carbonyl (C=O) groups excluding carboxylic acids is 1. The Morgan fingerprint density at radius 2 is 1.97 bits per heavy atom. The van der Waals surface area contributed by atoms with E-state index in [1.807, 2.05) is 45.2 Å². The summed E-state index contributed by atoms with van der Waals surface area (Å²) >= 11 is 1.72. The Morgan fingerprint density at radius 3 is 2.48 bits per heavy atom. The molecule has 9 heteroatoms. The molecule has 0 bridgehead atoms. The summed E-state index contributed by atoms with van der Waals surface area (Å²) in [6, 6.07) is 5.67. The predicted molar refractivity (Wildman–Crippen MR) is 137 cm³/mol. The first-order valence-electron chi connectivity index (χ1n) is 11.7. The normalized spacial score (nSPS) is 14.5. The molecular weight excluding hydrogens is 458 g/mol. The molecular formula is C24H39N3O4S2. The molecule has 7 nitrogen and oxygen atoms in total. The average molecular weight is 498 g/mol. The quantitative estimate of drug-likeness (QED) is 0.467. The lowest BCUT2D eigenvalue weighted by Gasteiger charge is -2.18. The zero-order valence-corrected chi connectivity index (χ0v) is 22.1. The molecule has 1 unspecified atom stereocenters. The SMILES string of the molecule is CC.CC(C)OC(N)=O.CCNS(=O)c1cc(CO)ccc1-c1cnc(C2CCCCC2)s1. The van der Waals surface area contributed by atoms with Crippen LogP contribution in [0.5, 0.6) is 0 Å². The van der Waals surface area contributed by atoms with Crippen LogP contribution in [0.15, 0.2) is 29.3 Å². The van der Waals surface area contributed by atoms with Crippen molar-refractivity contribution in [3.8, 4) is 10.4 Å². The van der Waals surface area contributed by atoms with Gasteiger partial charge in [0, 0.05) is 24.2 Å². The molecule has 1 atom stereocenters. The third kappa shape index (κ3) is 9.92. The first kappa shape index (κ1) is 29.2. The lowest BCUT2D eigenvalue weighted by atomic mass is 9.90. The summed E-state index contributed by atoms with van der Waals surface area (Å²) in [5, 5.41) is 10.6. The van der Waals surface area contributed by atoms with Gasteiger partial charge in [-0.25, -0.2) is 18.7 Å². The molecule has 4 N–H and O–H groups in total. The molecule has 0 radical (unpaired) electrons. The largest absolute Gasteiger partial charge is 0.447 e. The van der Waals surface area contributed by atoms with E-state index in [4.69, 9.17) is 0 Å². The van der Waals surface area contributed by atoms with Crippen LogP contribution in [0.4, 0.5) is 4.79 Å². The minimum Gasteiger partial charge on any atom is -0.447 e. The van der Waals surface area contributed by atoms with Gasteiger partial charge in [-0.05, 0) is 38.3 Å². The molecule has 2 aromatic rings. The molecule has 1 saturated carbocycles. The minimum absolute atomic E-state index is 0.0490. The fourth-order valence-electron chi connectivity index (χ4n) is 3.41. The number of rotatable bonds is 7. The van der Waals surface area contributed by atoms with Gasteiger partial charge in [0.2, 0.25) is 0 Å². The molecule has 33 heavy (non-hydrogen) atoms. The number of primary amides is 1. The van der Waals surface area contributed by atoms with E-state index in [0.29, 0.717) is 12.5 Å². The number of hydrogen-bond donors (Lipinski definition) is 3. The number of amides is 1. The van der Waals surface area contributed by atoms with Crippen LogP contribution in [0, 0.1) is 0 Å². The minimum atomic E-state index is -1.29.